The first-order valence-electron chi connectivity index (χ1n) is 10.3. The molecule has 1 aliphatic heterocycles. The van der Waals surface area contributed by atoms with Crippen molar-refractivity contribution in [2.75, 3.05) is 37.0 Å². The van der Waals surface area contributed by atoms with Gasteiger partial charge in [0.05, 0.1) is 6.54 Å². The summed E-state index contributed by atoms with van der Waals surface area (Å²) in [6.07, 6.45) is 0.566. The van der Waals surface area contributed by atoms with Gasteiger partial charge >= 0.3 is 6.09 Å². The lowest BCUT2D eigenvalue weighted by Gasteiger charge is -2.33. The Balaban J connectivity index is 1.85. The number of imidazole rings is 1. The molecular formula is C21H27N7O3. The molecule has 1 unspecified atom stereocenters. The van der Waals surface area contributed by atoms with Crippen LogP contribution in [0, 0.1) is 0 Å². The van der Waals surface area contributed by atoms with E-state index in [4.69, 9.17) is 10.1 Å². The molecule has 1 atom stereocenters. The smallest absolute Gasteiger partial charge is 0.404 e. The highest BCUT2D eigenvalue weighted by Gasteiger charge is 2.27. The maximum absolute atomic E-state index is 13.3. The second kappa shape index (κ2) is 8.29. The van der Waals surface area contributed by atoms with Crippen LogP contribution in [0.15, 0.2) is 35.1 Å². The summed E-state index contributed by atoms with van der Waals surface area (Å²) in [6, 6.07) is 9.70. The lowest BCUT2D eigenvalue weighted by molar-refractivity contribution is 0.188. The fourth-order valence-corrected chi connectivity index (χ4v) is 4.15. The van der Waals surface area contributed by atoms with Crippen molar-refractivity contribution in [3.8, 4) is 0 Å². The summed E-state index contributed by atoms with van der Waals surface area (Å²) in [5.41, 5.74) is 1.71. The number of fused-ring (bicyclic) bond motifs is 1. The van der Waals surface area contributed by atoms with Gasteiger partial charge in [0, 0.05) is 40.3 Å². The SMILES string of the molecule is CN(C)c1nc2nc(N3CCCC(NC(=O)O)C3)n(Cc3ccccc3)c2c(=O)n1C. The Labute approximate surface area is 179 Å². The summed E-state index contributed by atoms with van der Waals surface area (Å²) in [7, 11) is 5.38. The van der Waals surface area contributed by atoms with E-state index >= 15 is 0 Å². The third-order valence-electron chi connectivity index (χ3n) is 5.56. The molecular weight excluding hydrogens is 398 g/mol. The molecule has 2 N–H and O–H groups in total. The largest absolute Gasteiger partial charge is 0.465 e. The summed E-state index contributed by atoms with van der Waals surface area (Å²) < 4.78 is 3.43. The van der Waals surface area contributed by atoms with E-state index in [1.54, 1.807) is 11.9 Å². The first kappa shape index (κ1) is 20.7. The van der Waals surface area contributed by atoms with Crippen molar-refractivity contribution in [1.82, 2.24) is 24.4 Å². The van der Waals surface area contributed by atoms with Crippen LogP contribution in [0.25, 0.3) is 11.2 Å². The van der Waals surface area contributed by atoms with Crippen LogP contribution in [-0.2, 0) is 13.6 Å². The average Bonchev–Trinajstić information content (AvgIpc) is 3.09. The Hall–Kier alpha value is -3.56. The van der Waals surface area contributed by atoms with Gasteiger partial charge in [-0.3, -0.25) is 13.9 Å². The van der Waals surface area contributed by atoms with E-state index in [2.05, 4.69) is 10.3 Å². The van der Waals surface area contributed by atoms with Gasteiger partial charge in [-0.25, -0.2) is 4.79 Å². The van der Waals surface area contributed by atoms with Gasteiger partial charge < -0.3 is 20.2 Å². The number of aromatic nitrogens is 4. The highest BCUT2D eigenvalue weighted by atomic mass is 16.4. The lowest BCUT2D eigenvalue weighted by atomic mass is 10.1. The quantitative estimate of drug-likeness (QED) is 0.637. The molecule has 164 valence electrons. The van der Waals surface area contributed by atoms with E-state index < -0.39 is 6.09 Å². The number of amides is 1. The molecule has 31 heavy (non-hydrogen) atoms. The number of anilines is 2. The molecule has 0 radical (unpaired) electrons. The molecule has 0 spiro atoms. The second-order valence-electron chi connectivity index (χ2n) is 8.06. The van der Waals surface area contributed by atoms with Gasteiger partial charge in [0.1, 0.15) is 0 Å². The molecule has 3 aromatic rings. The van der Waals surface area contributed by atoms with E-state index in [0.717, 1.165) is 24.9 Å². The fraction of sp³-hybridized carbons (Fsp3) is 0.429. The van der Waals surface area contributed by atoms with E-state index in [1.165, 1.54) is 4.57 Å². The number of nitrogens with zero attached hydrogens (tertiary/aromatic N) is 6. The van der Waals surface area contributed by atoms with Crippen molar-refractivity contribution in [3.05, 3.63) is 46.2 Å². The van der Waals surface area contributed by atoms with Gasteiger partial charge in [-0.05, 0) is 18.4 Å². The number of piperidine rings is 1. The molecule has 2 aromatic heterocycles. The van der Waals surface area contributed by atoms with Crippen molar-refractivity contribution in [2.45, 2.75) is 25.4 Å². The zero-order valence-corrected chi connectivity index (χ0v) is 17.9. The van der Waals surface area contributed by atoms with Crippen molar-refractivity contribution in [2.24, 2.45) is 7.05 Å². The zero-order valence-electron chi connectivity index (χ0n) is 17.9. The van der Waals surface area contributed by atoms with Crippen LogP contribution in [0.5, 0.6) is 0 Å². The molecule has 1 fully saturated rings. The second-order valence-corrected chi connectivity index (χ2v) is 8.06. The summed E-state index contributed by atoms with van der Waals surface area (Å²) >= 11 is 0. The average molecular weight is 425 g/mol. The van der Waals surface area contributed by atoms with Crippen LogP contribution >= 0.6 is 0 Å². The number of carboxylic acid groups (broad SMARTS) is 1. The number of rotatable bonds is 5. The van der Waals surface area contributed by atoms with Gasteiger partial charge in [-0.2, -0.15) is 9.97 Å². The highest BCUT2D eigenvalue weighted by Crippen LogP contribution is 2.25. The molecule has 3 heterocycles. The molecule has 10 nitrogen and oxygen atoms in total. The number of carbonyl (C=O) groups is 1. The van der Waals surface area contributed by atoms with Crippen molar-refractivity contribution in [1.29, 1.82) is 0 Å². The van der Waals surface area contributed by atoms with Gasteiger partial charge in [0.15, 0.2) is 11.2 Å². The highest BCUT2D eigenvalue weighted by molar-refractivity contribution is 5.76. The summed E-state index contributed by atoms with van der Waals surface area (Å²) in [5, 5.41) is 11.7. The van der Waals surface area contributed by atoms with Crippen LogP contribution in [0.4, 0.5) is 16.7 Å². The molecule has 4 rings (SSSR count). The molecule has 0 aliphatic carbocycles. The Bertz CT molecular complexity index is 1150. The third kappa shape index (κ3) is 4.05. The number of benzene rings is 1. The van der Waals surface area contributed by atoms with Gasteiger partial charge in [-0.1, -0.05) is 30.3 Å². The van der Waals surface area contributed by atoms with Gasteiger partial charge in [0.2, 0.25) is 11.9 Å². The number of hydrogen-bond acceptors (Lipinski definition) is 6. The maximum atomic E-state index is 13.3. The van der Waals surface area contributed by atoms with Crippen molar-refractivity contribution < 1.29 is 9.90 Å². The molecule has 10 heteroatoms. The third-order valence-corrected chi connectivity index (χ3v) is 5.56. The first-order chi connectivity index (χ1) is 14.8. The standard InChI is InChI=1S/C21H27N7O3/c1-25(2)19-23-17-16(18(29)26(19)3)28(12-14-8-5-4-6-9-14)20(24-17)27-11-7-10-15(13-27)22-21(30)31/h4-6,8-9,15,22H,7,10-13H2,1-3H3,(H,30,31). The molecule has 1 aromatic carbocycles. The molecule has 0 bridgehead atoms. The minimum absolute atomic E-state index is 0.166. The van der Waals surface area contributed by atoms with Crippen LogP contribution < -0.4 is 20.7 Å². The zero-order chi connectivity index (χ0) is 22.1. The van der Waals surface area contributed by atoms with Crippen molar-refractivity contribution >= 4 is 29.2 Å². The van der Waals surface area contributed by atoms with E-state index in [9.17, 15) is 9.59 Å². The summed E-state index contributed by atoms with van der Waals surface area (Å²) in [5.74, 6) is 1.16. The summed E-state index contributed by atoms with van der Waals surface area (Å²) in [4.78, 5) is 37.7. The van der Waals surface area contributed by atoms with E-state index in [-0.39, 0.29) is 11.6 Å². The first-order valence-corrected chi connectivity index (χ1v) is 10.3. The number of nitrogens with one attached hydrogen (secondary N) is 1. The Kier molecular flexibility index (Phi) is 5.53. The van der Waals surface area contributed by atoms with Crippen LogP contribution in [0.1, 0.15) is 18.4 Å². The topological polar surface area (TPSA) is 109 Å². The monoisotopic (exact) mass is 425 g/mol. The minimum atomic E-state index is -1.03. The fourth-order valence-electron chi connectivity index (χ4n) is 4.15. The molecule has 1 amide bonds. The van der Waals surface area contributed by atoms with Crippen molar-refractivity contribution in [3.63, 3.8) is 0 Å². The predicted octanol–water partition coefficient (Wildman–Crippen LogP) is 1.48. The normalized spacial score (nSPS) is 16.5. The molecule has 0 saturated carbocycles. The predicted molar refractivity (Wildman–Crippen MR) is 119 cm³/mol. The molecule has 1 saturated heterocycles. The van der Waals surface area contributed by atoms with E-state index in [1.807, 2.05) is 53.9 Å². The Morgan fingerprint density at radius 2 is 2.00 bits per heavy atom. The van der Waals surface area contributed by atoms with Crippen LogP contribution in [0.3, 0.4) is 0 Å². The van der Waals surface area contributed by atoms with Crippen LogP contribution in [-0.4, -0.2) is 63.5 Å². The minimum Gasteiger partial charge on any atom is -0.465 e. The number of hydrogen-bond donors (Lipinski definition) is 2. The summed E-state index contributed by atoms with van der Waals surface area (Å²) in [6.45, 7) is 1.69. The Morgan fingerprint density at radius 1 is 1.26 bits per heavy atom. The van der Waals surface area contributed by atoms with Gasteiger partial charge in [0.25, 0.3) is 5.56 Å². The molecule has 1 aliphatic rings. The van der Waals surface area contributed by atoms with Crippen LogP contribution in [0.2, 0.25) is 0 Å². The Morgan fingerprint density at radius 3 is 2.68 bits per heavy atom. The maximum Gasteiger partial charge on any atom is 0.404 e. The lowest BCUT2D eigenvalue weighted by Crippen LogP contribution is -2.48. The van der Waals surface area contributed by atoms with Gasteiger partial charge in [-0.15, -0.1) is 0 Å². The van der Waals surface area contributed by atoms with E-state index in [0.29, 0.717) is 36.2 Å².